The molecule has 8 aromatic carbocycles. The molecule has 0 N–H and O–H groups in total. The highest BCUT2D eigenvalue weighted by atomic mass is 15.1. The quantitative estimate of drug-likeness (QED) is 0.117. The van der Waals surface area contributed by atoms with E-state index in [9.17, 15) is 0 Å². The van der Waals surface area contributed by atoms with Gasteiger partial charge in [-0.2, -0.15) is 0 Å². The molecule has 362 valence electrons. The van der Waals surface area contributed by atoms with Gasteiger partial charge in [-0.15, -0.1) is 5.73 Å². The third-order valence-electron chi connectivity index (χ3n) is 15.1. The van der Waals surface area contributed by atoms with Crippen LogP contribution in [0.15, 0.2) is 285 Å². The molecular weight excluding hydrogens is 891 g/mol. The van der Waals surface area contributed by atoms with Crippen molar-refractivity contribution >= 4 is 28.1 Å². The Morgan fingerprint density at radius 1 is 0.473 bits per heavy atom. The van der Waals surface area contributed by atoms with Gasteiger partial charge >= 0.3 is 0 Å². The van der Waals surface area contributed by atoms with E-state index >= 15 is 0 Å². The monoisotopic (exact) mass is 956 g/mol. The third-order valence-corrected chi connectivity index (χ3v) is 15.1. The predicted molar refractivity (Wildman–Crippen MR) is 318 cm³/mol. The zero-order chi connectivity index (χ0) is 50.7. The lowest BCUT2D eigenvalue weighted by Crippen LogP contribution is -2.18. The summed E-state index contributed by atoms with van der Waals surface area (Å²) in [7, 11) is 0. The van der Waals surface area contributed by atoms with Crippen molar-refractivity contribution in [3.05, 3.63) is 312 Å². The molecule has 1 saturated carbocycles. The maximum atomic E-state index is 3.24. The first kappa shape index (κ1) is 49.1. The first-order valence-corrected chi connectivity index (χ1v) is 26.5. The van der Waals surface area contributed by atoms with Gasteiger partial charge in [0.15, 0.2) is 0 Å². The van der Waals surface area contributed by atoms with Crippen molar-refractivity contribution in [3.8, 4) is 33.4 Å². The average Bonchev–Trinajstić information content (AvgIpc) is 4.29. The number of rotatable bonds is 11. The Labute approximate surface area is 440 Å². The van der Waals surface area contributed by atoms with Gasteiger partial charge in [-0.25, -0.2) is 0 Å². The van der Waals surface area contributed by atoms with E-state index in [1.54, 1.807) is 0 Å². The molecular formula is C73H65N. The average molecular weight is 956 g/mol. The van der Waals surface area contributed by atoms with E-state index < -0.39 is 0 Å². The van der Waals surface area contributed by atoms with Crippen LogP contribution in [-0.2, 0) is 0 Å². The molecule has 0 aliphatic heterocycles. The zero-order valence-corrected chi connectivity index (χ0v) is 43.2. The maximum Gasteiger partial charge on any atom is 0.0458 e. The fourth-order valence-electron chi connectivity index (χ4n) is 10.6. The smallest absolute Gasteiger partial charge is 0.0458 e. The van der Waals surface area contributed by atoms with Crippen molar-refractivity contribution in [2.75, 3.05) is 4.90 Å². The molecule has 0 saturated heterocycles. The molecule has 0 spiro atoms. The van der Waals surface area contributed by atoms with Crippen LogP contribution in [0, 0.1) is 18.3 Å². The summed E-state index contributed by atoms with van der Waals surface area (Å²) in [5.41, 5.74) is 25.0. The summed E-state index contributed by atoms with van der Waals surface area (Å²) in [5.74, 6) is 1.01. The van der Waals surface area contributed by atoms with Gasteiger partial charge < -0.3 is 4.90 Å². The summed E-state index contributed by atoms with van der Waals surface area (Å²) in [6, 6.07) is 76.8. The third kappa shape index (κ3) is 11.1. The lowest BCUT2D eigenvalue weighted by molar-refractivity contribution is 0.499. The van der Waals surface area contributed by atoms with E-state index in [1.165, 1.54) is 101 Å². The Hall–Kier alpha value is -8.48. The Morgan fingerprint density at radius 3 is 1.47 bits per heavy atom. The summed E-state index contributed by atoms with van der Waals surface area (Å²) >= 11 is 0. The molecule has 8 aromatic rings. The van der Waals surface area contributed by atoms with Gasteiger partial charge in [-0.3, -0.25) is 0 Å². The van der Waals surface area contributed by atoms with Gasteiger partial charge in [0, 0.05) is 22.5 Å². The van der Waals surface area contributed by atoms with Crippen LogP contribution in [0.2, 0.25) is 0 Å². The van der Waals surface area contributed by atoms with E-state index in [0.717, 1.165) is 12.8 Å². The Kier molecular flexibility index (Phi) is 15.2. The molecule has 1 heteroatoms. The minimum absolute atomic E-state index is 0.199. The first-order chi connectivity index (χ1) is 36.5. The summed E-state index contributed by atoms with van der Waals surface area (Å²) in [4.78, 5) is 2.45. The van der Waals surface area contributed by atoms with Gasteiger partial charge in [-0.1, -0.05) is 257 Å². The van der Waals surface area contributed by atoms with Crippen LogP contribution >= 0.6 is 0 Å². The molecule has 4 aliphatic rings. The highest BCUT2D eigenvalue weighted by Gasteiger charge is 2.55. The van der Waals surface area contributed by atoms with E-state index in [4.69, 9.17) is 0 Å². The molecule has 0 heterocycles. The number of anilines is 2. The molecule has 0 radical (unpaired) electrons. The second-order valence-electron chi connectivity index (χ2n) is 19.5. The maximum absolute atomic E-state index is 3.24. The lowest BCUT2D eigenvalue weighted by Gasteiger charge is -2.30. The minimum Gasteiger partial charge on any atom is -0.314 e. The first-order valence-electron chi connectivity index (χ1n) is 26.5. The molecule has 1 fully saturated rings. The highest BCUT2D eigenvalue weighted by molar-refractivity contribution is 5.81. The van der Waals surface area contributed by atoms with Gasteiger partial charge in [0.2, 0.25) is 0 Å². The van der Waals surface area contributed by atoms with Crippen molar-refractivity contribution in [2.45, 2.75) is 52.9 Å². The largest absolute Gasteiger partial charge is 0.314 e. The van der Waals surface area contributed by atoms with E-state index in [2.05, 4.69) is 279 Å². The van der Waals surface area contributed by atoms with Crippen LogP contribution in [0.3, 0.4) is 0 Å². The number of aryl methyl sites for hydroxylation is 1. The minimum atomic E-state index is 0.199. The second kappa shape index (κ2) is 22.9. The molecule has 0 bridgehead atoms. The summed E-state index contributed by atoms with van der Waals surface area (Å²) in [6.45, 7) is 8.51. The molecule has 3 unspecified atom stereocenters. The number of hydrogen-bond donors (Lipinski definition) is 0. The number of allylic oxidation sites excluding steroid dienone is 13. The van der Waals surface area contributed by atoms with Gasteiger partial charge in [0.05, 0.1) is 0 Å². The number of nitrogens with zero attached hydrogens (tertiary/aromatic N) is 1. The topological polar surface area (TPSA) is 3.24 Å². The Balaban J connectivity index is 0.000000360. The highest BCUT2D eigenvalue weighted by Crippen LogP contribution is 2.65. The number of hydrogen-bond acceptors (Lipinski definition) is 1. The fourth-order valence-corrected chi connectivity index (χ4v) is 10.6. The number of benzene rings is 8. The van der Waals surface area contributed by atoms with Gasteiger partial charge in [0.1, 0.15) is 0 Å². The van der Waals surface area contributed by atoms with E-state index in [-0.39, 0.29) is 5.41 Å². The van der Waals surface area contributed by atoms with Crippen LogP contribution < -0.4 is 4.90 Å². The SMILES string of the molecule is CC.CC(c1ccc(C2=CC=CC=C=C2)cc1)C12C=CC(c3ccc(N(C4=CC=C(c5ccccc5)CC4)c4ccc(-c5ccc(-c6ccccc6)cc5)cc4)cc3)=CC1C2.Cc1ccc(-c2ccccc2)cc1. The van der Waals surface area contributed by atoms with Crippen molar-refractivity contribution in [2.24, 2.45) is 11.3 Å². The van der Waals surface area contributed by atoms with Crippen molar-refractivity contribution in [3.63, 3.8) is 0 Å². The van der Waals surface area contributed by atoms with Crippen LogP contribution in [0.25, 0.3) is 50.1 Å². The molecule has 1 nitrogen and oxygen atoms in total. The summed E-state index contributed by atoms with van der Waals surface area (Å²) in [5, 5.41) is 0. The summed E-state index contributed by atoms with van der Waals surface area (Å²) < 4.78 is 0. The van der Waals surface area contributed by atoms with Crippen LogP contribution in [0.1, 0.15) is 73.8 Å². The van der Waals surface area contributed by atoms with Gasteiger partial charge in [-0.05, 0) is 153 Å². The van der Waals surface area contributed by atoms with Crippen LogP contribution in [0.5, 0.6) is 0 Å². The fraction of sp³-hybridized carbons (Fsp3) is 0.137. The number of fused-ring (bicyclic) bond motifs is 1. The molecule has 74 heavy (non-hydrogen) atoms. The lowest BCUT2D eigenvalue weighted by atomic mass is 9.79. The van der Waals surface area contributed by atoms with Crippen LogP contribution in [-0.4, -0.2) is 0 Å². The standard InChI is InChI=1S/C58H47N.C13H12.C2H6/c1-42(43-18-20-47(21-19-43)44-12-6-2-3-7-13-44)58-39-38-53(40-54(58)41-58)52-30-36-57(37-31-52)59(55-32-26-50(27-33-55)46-16-10-5-11-17-46)56-34-28-51(29-35-56)49-24-22-48(23-25-49)45-14-8-4-9-15-45;1-11-7-9-13(10-8-11)12-5-3-2-4-6-12;1-2/h2-6,8-26,28-32,34-40,42,54H,27,33,41H2,1H3;2-10H,1H3;1-2H3. The predicted octanol–water partition coefficient (Wildman–Crippen LogP) is 20.0. The van der Waals surface area contributed by atoms with Crippen molar-refractivity contribution in [1.82, 2.24) is 0 Å². The molecule has 4 aliphatic carbocycles. The van der Waals surface area contributed by atoms with Crippen LogP contribution in [0.4, 0.5) is 11.4 Å². The second-order valence-corrected chi connectivity index (χ2v) is 19.5. The zero-order valence-electron chi connectivity index (χ0n) is 43.2. The molecule has 12 rings (SSSR count). The Bertz CT molecular complexity index is 3410. The normalized spacial score (nSPS) is 17.3. The summed E-state index contributed by atoms with van der Waals surface area (Å²) in [6.07, 6.45) is 25.5. The van der Waals surface area contributed by atoms with E-state index in [0.29, 0.717) is 11.8 Å². The van der Waals surface area contributed by atoms with Gasteiger partial charge in [0.25, 0.3) is 0 Å². The Morgan fingerprint density at radius 2 is 0.946 bits per heavy atom. The van der Waals surface area contributed by atoms with Crippen molar-refractivity contribution < 1.29 is 0 Å². The van der Waals surface area contributed by atoms with Crippen molar-refractivity contribution in [1.29, 1.82) is 0 Å². The van der Waals surface area contributed by atoms with E-state index in [1.807, 2.05) is 32.1 Å². The molecule has 3 atom stereocenters. The molecule has 0 amide bonds. The molecule has 0 aromatic heterocycles.